The summed E-state index contributed by atoms with van der Waals surface area (Å²) >= 11 is 12.1. The SMILES string of the molecule is CC(=O)O.Clc1ccc(C[C@H]2CO[C@@H](Cn3cncn3)CN2C2CCNCC2)cc1.Nc1nc(N2CCC(N3C[C@H](Cn4cncn4)OC[C@@H]3Cc3ccc(Cl)cc3)CC2)n[nH]1. The number of anilines is 2. The summed E-state index contributed by atoms with van der Waals surface area (Å²) in [6.45, 7) is 9.83. The number of halogens is 2. The highest BCUT2D eigenvalue weighted by molar-refractivity contribution is 6.30. The summed E-state index contributed by atoms with van der Waals surface area (Å²) in [4.78, 5) is 28.9. The minimum Gasteiger partial charge on any atom is -0.481 e. The monoisotopic (exact) mass is 892 g/mol. The molecule has 20 heteroatoms. The van der Waals surface area contributed by atoms with Crippen LogP contribution in [0.5, 0.6) is 0 Å². The van der Waals surface area contributed by atoms with Crippen LogP contribution in [0.3, 0.4) is 0 Å². The number of aromatic nitrogens is 9. The lowest BCUT2D eigenvalue weighted by Crippen LogP contribution is -2.57. The number of nitrogens with one attached hydrogen (secondary N) is 2. The molecule has 4 aliphatic heterocycles. The van der Waals surface area contributed by atoms with Crippen LogP contribution in [0.2, 0.25) is 10.0 Å². The van der Waals surface area contributed by atoms with Crippen molar-refractivity contribution in [3.05, 3.63) is 95.0 Å². The van der Waals surface area contributed by atoms with E-state index in [2.05, 4.69) is 79.6 Å². The number of nitrogen functional groups attached to an aromatic ring is 1. The van der Waals surface area contributed by atoms with Crippen LogP contribution in [-0.2, 0) is 40.2 Å². The quantitative estimate of drug-likeness (QED) is 0.149. The molecule has 18 nitrogen and oxygen atoms in total. The maximum atomic E-state index is 9.00. The molecule has 5 N–H and O–H groups in total. The highest BCUT2D eigenvalue weighted by atomic mass is 35.5. The van der Waals surface area contributed by atoms with E-state index in [-0.39, 0.29) is 12.2 Å². The van der Waals surface area contributed by atoms with Gasteiger partial charge < -0.3 is 30.5 Å². The molecule has 0 bridgehead atoms. The first kappa shape index (κ1) is 45.3. The molecule has 62 heavy (non-hydrogen) atoms. The molecule has 7 heterocycles. The number of benzene rings is 2. The predicted molar refractivity (Wildman–Crippen MR) is 236 cm³/mol. The van der Waals surface area contributed by atoms with E-state index < -0.39 is 5.97 Å². The minimum absolute atomic E-state index is 0.0870. The van der Waals surface area contributed by atoms with Crippen molar-refractivity contribution in [2.45, 2.75) is 94.9 Å². The molecule has 0 radical (unpaired) electrons. The molecule has 334 valence electrons. The lowest BCUT2D eigenvalue weighted by Gasteiger charge is -2.46. The number of hydrogen-bond acceptors (Lipinski definition) is 14. The van der Waals surface area contributed by atoms with Crippen LogP contribution in [0.15, 0.2) is 73.8 Å². The Morgan fingerprint density at radius 1 is 0.774 bits per heavy atom. The number of hydrogen-bond donors (Lipinski definition) is 4. The number of nitrogens with zero attached hydrogens (tertiary/aromatic N) is 11. The average molecular weight is 894 g/mol. The summed E-state index contributed by atoms with van der Waals surface area (Å²) in [7, 11) is 0. The first-order valence-electron chi connectivity index (χ1n) is 21.4. The van der Waals surface area contributed by atoms with E-state index in [1.807, 2.05) is 33.6 Å². The molecule has 0 spiro atoms. The molecule has 4 atom stereocenters. The van der Waals surface area contributed by atoms with Gasteiger partial charge in [0.1, 0.15) is 25.3 Å². The van der Waals surface area contributed by atoms with Crippen LogP contribution in [0.4, 0.5) is 11.9 Å². The van der Waals surface area contributed by atoms with Crippen LogP contribution < -0.4 is 16.0 Å². The van der Waals surface area contributed by atoms with E-state index in [0.717, 1.165) is 95.1 Å². The minimum atomic E-state index is -0.833. The largest absolute Gasteiger partial charge is 0.481 e. The zero-order valence-electron chi connectivity index (χ0n) is 35.1. The molecule has 3 aromatic heterocycles. The third kappa shape index (κ3) is 13.4. The van der Waals surface area contributed by atoms with Crippen LogP contribution in [-0.4, -0.2) is 154 Å². The third-order valence-electron chi connectivity index (χ3n) is 11.8. The van der Waals surface area contributed by atoms with Gasteiger partial charge in [-0.1, -0.05) is 47.5 Å². The summed E-state index contributed by atoms with van der Waals surface area (Å²) in [6, 6.07) is 18.2. The lowest BCUT2D eigenvalue weighted by atomic mass is 9.96. The van der Waals surface area contributed by atoms with E-state index in [4.69, 9.17) is 48.3 Å². The smallest absolute Gasteiger partial charge is 0.300 e. The molecule has 2 aromatic carbocycles. The first-order chi connectivity index (χ1) is 30.1. The van der Waals surface area contributed by atoms with Crippen LogP contribution in [0.25, 0.3) is 0 Å². The average Bonchev–Trinajstić information content (AvgIpc) is 4.09. The van der Waals surface area contributed by atoms with Gasteiger partial charge in [0.15, 0.2) is 0 Å². The van der Waals surface area contributed by atoms with Crippen molar-refractivity contribution in [3.8, 4) is 0 Å². The van der Waals surface area contributed by atoms with Gasteiger partial charge in [-0.2, -0.15) is 15.2 Å². The number of aromatic amines is 1. The Bertz CT molecular complexity index is 2040. The van der Waals surface area contributed by atoms with Crippen molar-refractivity contribution in [1.29, 1.82) is 0 Å². The Hall–Kier alpha value is -4.69. The van der Waals surface area contributed by atoms with Crippen molar-refractivity contribution in [1.82, 2.24) is 59.8 Å². The number of carboxylic acids is 1. The second-order valence-electron chi connectivity index (χ2n) is 16.2. The fraction of sp³-hybridized carbons (Fsp3) is 0.548. The molecule has 4 aliphatic rings. The number of aliphatic carboxylic acids is 1. The van der Waals surface area contributed by atoms with Gasteiger partial charge >= 0.3 is 0 Å². The zero-order chi connectivity index (χ0) is 43.3. The Morgan fingerprint density at radius 2 is 1.24 bits per heavy atom. The molecular formula is C42H58Cl2N14O4. The fourth-order valence-corrected chi connectivity index (χ4v) is 9.08. The molecule has 5 aromatic rings. The van der Waals surface area contributed by atoms with E-state index in [0.29, 0.717) is 49.2 Å². The highest BCUT2D eigenvalue weighted by Crippen LogP contribution is 2.28. The van der Waals surface area contributed by atoms with Gasteiger partial charge in [0.2, 0.25) is 11.9 Å². The molecule has 0 amide bonds. The van der Waals surface area contributed by atoms with Gasteiger partial charge in [-0.3, -0.25) is 24.0 Å². The maximum Gasteiger partial charge on any atom is 0.300 e. The van der Waals surface area contributed by atoms with E-state index in [1.54, 1.807) is 25.3 Å². The van der Waals surface area contributed by atoms with Crippen LogP contribution in [0.1, 0.15) is 43.7 Å². The van der Waals surface area contributed by atoms with Gasteiger partial charge in [-0.25, -0.2) is 15.1 Å². The Balaban J connectivity index is 0.000000175. The number of piperidine rings is 2. The van der Waals surface area contributed by atoms with Gasteiger partial charge in [0.25, 0.3) is 5.97 Å². The lowest BCUT2D eigenvalue weighted by molar-refractivity contribution is -0.134. The van der Waals surface area contributed by atoms with Crippen molar-refractivity contribution >= 4 is 41.1 Å². The summed E-state index contributed by atoms with van der Waals surface area (Å²) in [5.41, 5.74) is 8.29. The standard InChI is InChI=1S/C21H28ClN9O.C19H26ClN5O.C2H4O2/c22-16-3-1-15(2-4-16)9-18-12-32-19(10-30-14-24-13-25-30)11-31(18)17-5-7-29(8-6-17)21-26-20(23)27-28-21;20-16-3-1-15(2-4-16)9-18-12-26-19(10-24-14-22-13-23-24)11-25(18)17-5-7-21-8-6-17;1-2(3)4/h1-4,13-14,17-19H,5-12H2,(H3,23,26,27,28);1-4,13-14,17-19,21H,5-12H2;1H3,(H,3,4)/t2*18-,19-;/m00./s1. The molecular weight excluding hydrogens is 835 g/mol. The third-order valence-corrected chi connectivity index (χ3v) is 12.3. The van der Waals surface area contributed by atoms with Gasteiger partial charge in [-0.15, -0.1) is 5.10 Å². The predicted octanol–water partition coefficient (Wildman–Crippen LogP) is 3.70. The Kier molecular flexibility index (Phi) is 16.5. The van der Waals surface area contributed by atoms with Crippen molar-refractivity contribution in [2.24, 2.45) is 0 Å². The van der Waals surface area contributed by atoms with Gasteiger partial charge in [-0.05, 0) is 87.0 Å². The number of ether oxygens (including phenoxy) is 2. The normalized spacial score (nSPS) is 22.9. The second-order valence-corrected chi connectivity index (χ2v) is 17.1. The molecule has 9 rings (SSSR count). The van der Waals surface area contributed by atoms with E-state index in [9.17, 15) is 0 Å². The number of rotatable bonds is 11. The number of morpholine rings is 2. The first-order valence-corrected chi connectivity index (χ1v) is 22.1. The summed E-state index contributed by atoms with van der Waals surface area (Å²) < 4.78 is 16.2. The summed E-state index contributed by atoms with van der Waals surface area (Å²) in [6.07, 6.45) is 13.3. The van der Waals surface area contributed by atoms with Crippen LogP contribution in [0, 0.1) is 0 Å². The number of nitrogens with two attached hydrogens (primary N) is 1. The molecule has 0 unspecified atom stereocenters. The van der Waals surface area contributed by atoms with Crippen LogP contribution >= 0.6 is 23.2 Å². The second kappa shape index (κ2) is 22.6. The zero-order valence-corrected chi connectivity index (χ0v) is 36.6. The van der Waals surface area contributed by atoms with Crippen molar-refractivity contribution in [3.63, 3.8) is 0 Å². The molecule has 0 aliphatic carbocycles. The molecule has 4 fully saturated rings. The number of carbonyl (C=O) groups is 1. The summed E-state index contributed by atoms with van der Waals surface area (Å²) in [5, 5.41) is 27.9. The Morgan fingerprint density at radius 3 is 1.66 bits per heavy atom. The summed E-state index contributed by atoms with van der Waals surface area (Å²) in [5.74, 6) is 0.207. The van der Waals surface area contributed by atoms with Gasteiger partial charge in [0, 0.05) is 67.3 Å². The van der Waals surface area contributed by atoms with Gasteiger partial charge in [0.05, 0.1) is 38.5 Å². The van der Waals surface area contributed by atoms with E-state index in [1.165, 1.54) is 24.0 Å². The topological polar surface area (TPSA) is 207 Å². The molecule has 0 saturated carbocycles. The highest BCUT2D eigenvalue weighted by Gasteiger charge is 2.37. The van der Waals surface area contributed by atoms with Crippen molar-refractivity contribution < 1.29 is 19.4 Å². The maximum absolute atomic E-state index is 9.00. The Labute approximate surface area is 372 Å². The van der Waals surface area contributed by atoms with E-state index >= 15 is 0 Å². The number of H-pyrrole nitrogens is 1. The molecule has 4 saturated heterocycles. The number of carboxylic acid groups (broad SMARTS) is 1. The fourth-order valence-electron chi connectivity index (χ4n) is 8.83. The van der Waals surface area contributed by atoms with Crippen molar-refractivity contribution in [2.75, 3.05) is 63.1 Å².